The van der Waals surface area contributed by atoms with Gasteiger partial charge in [-0.15, -0.1) is 0 Å². The SMILES string of the molecule is COc1cccc(CN2CCCC(O)(CN(C)Cc3cnc(N)nc3)C2=O)c1. The molecule has 1 aliphatic heterocycles. The number of anilines is 1. The van der Waals surface area contributed by atoms with E-state index in [-0.39, 0.29) is 18.4 Å². The number of nitrogen functional groups attached to an aromatic ring is 1. The van der Waals surface area contributed by atoms with E-state index in [9.17, 15) is 9.90 Å². The van der Waals surface area contributed by atoms with Crippen LogP contribution >= 0.6 is 0 Å². The average molecular weight is 385 g/mol. The number of carbonyl (C=O) groups is 1. The molecule has 150 valence electrons. The monoisotopic (exact) mass is 385 g/mol. The summed E-state index contributed by atoms with van der Waals surface area (Å²) < 4.78 is 5.25. The van der Waals surface area contributed by atoms with Crippen molar-refractivity contribution in [2.24, 2.45) is 0 Å². The van der Waals surface area contributed by atoms with E-state index in [1.54, 1.807) is 24.4 Å². The van der Waals surface area contributed by atoms with Crippen LogP contribution < -0.4 is 10.5 Å². The molecule has 1 aliphatic rings. The highest BCUT2D eigenvalue weighted by Gasteiger charge is 2.42. The number of amides is 1. The highest BCUT2D eigenvalue weighted by Crippen LogP contribution is 2.26. The summed E-state index contributed by atoms with van der Waals surface area (Å²) in [6.45, 7) is 1.85. The predicted octanol–water partition coefficient (Wildman–Crippen LogP) is 1.05. The number of aromatic nitrogens is 2. The van der Waals surface area contributed by atoms with Crippen molar-refractivity contribution in [1.29, 1.82) is 0 Å². The van der Waals surface area contributed by atoms with Gasteiger partial charge in [-0.3, -0.25) is 9.69 Å². The Morgan fingerprint density at radius 2 is 2.07 bits per heavy atom. The standard InChI is InChI=1S/C20H27N5O3/c1-24(12-16-10-22-19(21)23-11-16)14-20(27)7-4-8-25(18(20)26)13-15-5-3-6-17(9-15)28-2/h3,5-6,9-11,27H,4,7-8,12-14H2,1-2H3,(H2,21,22,23). The lowest BCUT2D eigenvalue weighted by Gasteiger charge is -2.40. The van der Waals surface area contributed by atoms with E-state index in [1.165, 1.54) is 0 Å². The second-order valence-electron chi connectivity index (χ2n) is 7.34. The van der Waals surface area contributed by atoms with Gasteiger partial charge in [0.2, 0.25) is 5.95 Å². The number of likely N-dealkylation sites (N-methyl/N-ethyl adjacent to an activating group) is 1. The number of nitrogens with two attached hydrogens (primary N) is 1. The average Bonchev–Trinajstić information content (AvgIpc) is 2.67. The third kappa shape index (κ3) is 4.76. The summed E-state index contributed by atoms with van der Waals surface area (Å²) in [5, 5.41) is 11.1. The zero-order valence-corrected chi connectivity index (χ0v) is 16.3. The molecular formula is C20H27N5O3. The fraction of sp³-hybridized carbons (Fsp3) is 0.450. The fourth-order valence-corrected chi connectivity index (χ4v) is 3.61. The minimum atomic E-state index is -1.40. The van der Waals surface area contributed by atoms with E-state index in [4.69, 9.17) is 10.5 Å². The lowest BCUT2D eigenvalue weighted by molar-refractivity contribution is -0.160. The van der Waals surface area contributed by atoms with Crippen molar-refractivity contribution in [1.82, 2.24) is 19.8 Å². The first-order valence-corrected chi connectivity index (χ1v) is 9.29. The Kier molecular flexibility index (Phi) is 6.11. The van der Waals surface area contributed by atoms with Crippen LogP contribution in [0.15, 0.2) is 36.7 Å². The molecule has 1 saturated heterocycles. The van der Waals surface area contributed by atoms with Gasteiger partial charge < -0.3 is 20.5 Å². The molecule has 0 saturated carbocycles. The highest BCUT2D eigenvalue weighted by molar-refractivity contribution is 5.86. The number of rotatable bonds is 7. The van der Waals surface area contributed by atoms with Crippen molar-refractivity contribution in [2.75, 3.05) is 33.0 Å². The molecule has 1 aromatic carbocycles. The quantitative estimate of drug-likeness (QED) is 0.734. The number of hydrogen-bond acceptors (Lipinski definition) is 7. The Hall–Kier alpha value is -2.71. The summed E-state index contributed by atoms with van der Waals surface area (Å²) in [5.41, 5.74) is 5.96. The third-order valence-corrected chi connectivity index (χ3v) is 4.92. The fourth-order valence-electron chi connectivity index (χ4n) is 3.61. The normalized spacial score (nSPS) is 19.9. The Labute approximate surface area is 165 Å². The summed E-state index contributed by atoms with van der Waals surface area (Å²) in [7, 11) is 3.48. The minimum Gasteiger partial charge on any atom is -0.497 e. The first kappa shape index (κ1) is 20.0. The minimum absolute atomic E-state index is 0.223. The maximum Gasteiger partial charge on any atom is 0.256 e. The Morgan fingerprint density at radius 3 is 2.79 bits per heavy atom. The number of nitrogens with zero attached hydrogens (tertiary/aromatic N) is 4. The molecule has 8 nitrogen and oxygen atoms in total. The lowest BCUT2D eigenvalue weighted by atomic mass is 9.90. The van der Waals surface area contributed by atoms with Gasteiger partial charge in [-0.1, -0.05) is 12.1 Å². The maximum atomic E-state index is 13.0. The molecule has 0 spiro atoms. The van der Waals surface area contributed by atoms with Crippen molar-refractivity contribution in [3.8, 4) is 5.75 Å². The van der Waals surface area contributed by atoms with Crippen molar-refractivity contribution in [3.63, 3.8) is 0 Å². The number of carbonyl (C=O) groups excluding carboxylic acids is 1. The van der Waals surface area contributed by atoms with Gasteiger partial charge in [0.1, 0.15) is 5.75 Å². The van der Waals surface area contributed by atoms with Crippen LogP contribution in [0.5, 0.6) is 5.75 Å². The van der Waals surface area contributed by atoms with Gasteiger partial charge in [-0.25, -0.2) is 9.97 Å². The van der Waals surface area contributed by atoms with Crippen LogP contribution in [0, 0.1) is 0 Å². The zero-order valence-electron chi connectivity index (χ0n) is 16.3. The molecule has 0 aliphatic carbocycles. The van der Waals surface area contributed by atoms with Gasteiger partial charge in [0, 0.05) is 44.1 Å². The van der Waals surface area contributed by atoms with E-state index < -0.39 is 5.60 Å². The van der Waals surface area contributed by atoms with Crippen LogP contribution in [-0.2, 0) is 17.9 Å². The van der Waals surface area contributed by atoms with E-state index in [0.717, 1.165) is 23.3 Å². The Bertz CT molecular complexity index is 814. The van der Waals surface area contributed by atoms with Crippen LogP contribution in [-0.4, -0.2) is 63.6 Å². The van der Waals surface area contributed by atoms with Crippen LogP contribution in [0.3, 0.4) is 0 Å². The molecule has 2 aromatic rings. The van der Waals surface area contributed by atoms with Crippen molar-refractivity contribution in [2.45, 2.75) is 31.5 Å². The lowest BCUT2D eigenvalue weighted by Crippen LogP contribution is -2.57. The smallest absolute Gasteiger partial charge is 0.256 e. The largest absolute Gasteiger partial charge is 0.497 e. The molecule has 3 N–H and O–H groups in total. The number of ether oxygens (including phenoxy) is 1. The molecule has 2 heterocycles. The third-order valence-electron chi connectivity index (χ3n) is 4.92. The summed E-state index contributed by atoms with van der Waals surface area (Å²) in [4.78, 5) is 24.6. The summed E-state index contributed by atoms with van der Waals surface area (Å²) in [6, 6.07) is 7.63. The first-order valence-electron chi connectivity index (χ1n) is 9.29. The number of likely N-dealkylation sites (tertiary alicyclic amines) is 1. The molecule has 1 amide bonds. The van der Waals surface area contributed by atoms with Crippen molar-refractivity contribution in [3.05, 3.63) is 47.8 Å². The molecule has 3 rings (SSSR count). The molecule has 0 radical (unpaired) electrons. The zero-order chi connectivity index (χ0) is 20.1. The van der Waals surface area contributed by atoms with Gasteiger partial charge in [-0.2, -0.15) is 0 Å². The van der Waals surface area contributed by atoms with E-state index in [0.29, 0.717) is 26.1 Å². The second kappa shape index (κ2) is 8.53. The van der Waals surface area contributed by atoms with Crippen molar-refractivity contribution < 1.29 is 14.6 Å². The topological polar surface area (TPSA) is 105 Å². The van der Waals surface area contributed by atoms with Crippen molar-refractivity contribution >= 4 is 11.9 Å². The summed E-state index contributed by atoms with van der Waals surface area (Å²) in [6.07, 6.45) is 4.51. The summed E-state index contributed by atoms with van der Waals surface area (Å²) in [5.74, 6) is 0.741. The second-order valence-corrected chi connectivity index (χ2v) is 7.34. The van der Waals surface area contributed by atoms with Gasteiger partial charge in [0.15, 0.2) is 5.60 Å². The Balaban J connectivity index is 1.64. The van der Waals surface area contributed by atoms with Crippen LogP contribution in [0.2, 0.25) is 0 Å². The van der Waals surface area contributed by atoms with Crippen LogP contribution in [0.4, 0.5) is 5.95 Å². The molecule has 1 unspecified atom stereocenters. The molecule has 0 bridgehead atoms. The van der Waals surface area contributed by atoms with Gasteiger partial charge >= 0.3 is 0 Å². The van der Waals surface area contributed by atoms with E-state index in [1.807, 2.05) is 36.2 Å². The number of piperidine rings is 1. The Morgan fingerprint density at radius 1 is 1.32 bits per heavy atom. The summed E-state index contributed by atoms with van der Waals surface area (Å²) >= 11 is 0. The van der Waals surface area contributed by atoms with Gasteiger partial charge in [0.05, 0.1) is 7.11 Å². The van der Waals surface area contributed by atoms with Crippen LogP contribution in [0.25, 0.3) is 0 Å². The van der Waals surface area contributed by atoms with E-state index in [2.05, 4.69) is 9.97 Å². The molecule has 1 aromatic heterocycles. The van der Waals surface area contributed by atoms with Crippen LogP contribution in [0.1, 0.15) is 24.0 Å². The number of hydrogen-bond donors (Lipinski definition) is 2. The number of methoxy groups -OCH3 is 1. The number of aliphatic hydroxyl groups is 1. The number of benzene rings is 1. The maximum absolute atomic E-state index is 13.0. The predicted molar refractivity (Wildman–Crippen MR) is 105 cm³/mol. The first-order chi connectivity index (χ1) is 13.4. The highest BCUT2D eigenvalue weighted by atomic mass is 16.5. The molecule has 1 fully saturated rings. The molecule has 28 heavy (non-hydrogen) atoms. The van der Waals surface area contributed by atoms with Gasteiger partial charge in [0.25, 0.3) is 5.91 Å². The molecular weight excluding hydrogens is 358 g/mol. The van der Waals surface area contributed by atoms with Gasteiger partial charge in [-0.05, 0) is 37.6 Å². The molecule has 8 heteroatoms. The molecule has 1 atom stereocenters. The van der Waals surface area contributed by atoms with E-state index >= 15 is 0 Å².